The molecule has 0 heterocycles. The van der Waals surface area contributed by atoms with Crippen LogP contribution >= 0.6 is 0 Å². The molecule has 0 unspecified atom stereocenters. The van der Waals surface area contributed by atoms with Gasteiger partial charge in [-0.25, -0.2) is 0 Å². The van der Waals surface area contributed by atoms with Gasteiger partial charge in [0.25, 0.3) is 0 Å². The fraction of sp³-hybridized carbons (Fsp3) is 0.556. The molecule has 0 atom stereocenters. The first kappa shape index (κ1) is 8.12. The van der Waals surface area contributed by atoms with Crippen LogP contribution in [0.5, 0.6) is 0 Å². The van der Waals surface area contributed by atoms with E-state index in [4.69, 9.17) is 12.8 Å². The quantitative estimate of drug-likeness (QED) is 0.392. The van der Waals surface area contributed by atoms with Crippen molar-refractivity contribution in [3.05, 3.63) is 12.8 Å². The van der Waals surface area contributed by atoms with Crippen LogP contribution in [-0.4, -0.2) is 0 Å². The van der Waals surface area contributed by atoms with Gasteiger partial charge in [0.05, 0.1) is 0 Å². The molecular formula is C9H10. The normalized spacial score (nSPS) is 7.78. The lowest BCUT2D eigenvalue weighted by molar-refractivity contribution is 0.708. The van der Waals surface area contributed by atoms with Crippen LogP contribution in [0.4, 0.5) is 0 Å². The number of rotatable bonds is 4. The van der Waals surface area contributed by atoms with Crippen LogP contribution in [0.3, 0.4) is 0 Å². The summed E-state index contributed by atoms with van der Waals surface area (Å²) in [5.74, 6) is 4.65. The molecule has 0 aliphatic heterocycles. The lowest BCUT2D eigenvalue weighted by atomic mass is 10.1. The largest absolute Gasteiger partial charge is 0.0891 e. The van der Waals surface area contributed by atoms with Crippen molar-refractivity contribution >= 4 is 0 Å². The van der Waals surface area contributed by atoms with Gasteiger partial charge < -0.3 is 0 Å². The Morgan fingerprint density at radius 3 is 1.56 bits per heavy atom. The zero-order valence-electron chi connectivity index (χ0n) is 5.54. The lowest BCUT2D eigenvalue weighted by Gasteiger charge is -1.90. The summed E-state index contributed by atoms with van der Waals surface area (Å²) < 4.78 is 0. The predicted molar refractivity (Wildman–Crippen MR) is 37.3 cm³/mol. The maximum atomic E-state index is 6.58. The summed E-state index contributed by atoms with van der Waals surface area (Å²) in [7, 11) is 0. The van der Waals surface area contributed by atoms with Crippen molar-refractivity contribution in [2.75, 3.05) is 0 Å². The minimum atomic E-state index is 0.762. The molecule has 46 valence electrons. The molecule has 0 aliphatic carbocycles. The molecule has 0 fully saturated rings. The first-order chi connectivity index (χ1) is 4.41. The summed E-state index contributed by atoms with van der Waals surface area (Å²) in [4.78, 5) is 0. The van der Waals surface area contributed by atoms with Gasteiger partial charge in [0.2, 0.25) is 0 Å². The summed E-state index contributed by atoms with van der Waals surface area (Å²) in [6, 6.07) is 0. The van der Waals surface area contributed by atoms with Crippen LogP contribution in [0.25, 0.3) is 0 Å². The van der Waals surface area contributed by atoms with Crippen LogP contribution in [0.15, 0.2) is 0 Å². The number of hydrogen-bond acceptors (Lipinski definition) is 0. The van der Waals surface area contributed by atoms with E-state index < -0.39 is 0 Å². The van der Waals surface area contributed by atoms with E-state index in [1.807, 2.05) is 0 Å². The van der Waals surface area contributed by atoms with Gasteiger partial charge in [0, 0.05) is 12.8 Å². The Morgan fingerprint density at radius 1 is 0.778 bits per heavy atom. The highest BCUT2D eigenvalue weighted by molar-refractivity contribution is 4.77. The van der Waals surface area contributed by atoms with Gasteiger partial charge in [0.15, 0.2) is 0 Å². The summed E-state index contributed by atoms with van der Waals surface area (Å²) in [5.41, 5.74) is 0. The number of hydrogen-bond donors (Lipinski definition) is 0. The van der Waals surface area contributed by atoms with Crippen molar-refractivity contribution in [1.82, 2.24) is 0 Å². The van der Waals surface area contributed by atoms with Crippen molar-refractivity contribution in [1.29, 1.82) is 0 Å². The Morgan fingerprint density at radius 2 is 1.22 bits per heavy atom. The van der Waals surface area contributed by atoms with E-state index in [0.29, 0.717) is 0 Å². The Bertz CT molecular complexity index is 104. The fourth-order valence-corrected chi connectivity index (χ4v) is 0.604. The first-order valence-corrected chi connectivity index (χ1v) is 3.21. The Labute approximate surface area is 57.7 Å². The molecule has 0 N–H and O–H groups in total. The molecule has 9 heavy (non-hydrogen) atoms. The highest BCUT2D eigenvalue weighted by Crippen LogP contribution is 2.00. The summed E-state index contributed by atoms with van der Waals surface area (Å²) in [6.07, 6.45) is 17.8. The second kappa shape index (κ2) is 7.12. The molecule has 0 aromatic heterocycles. The summed E-state index contributed by atoms with van der Waals surface area (Å²) in [6.45, 7) is 0. The average Bonchev–Trinajstić information content (AvgIpc) is 1.89. The monoisotopic (exact) mass is 118 g/mol. The maximum Gasteiger partial charge on any atom is 0.00989 e. The summed E-state index contributed by atoms with van der Waals surface area (Å²) in [5, 5.41) is 0. The zero-order valence-corrected chi connectivity index (χ0v) is 5.54. The Balaban J connectivity index is 2.79. The van der Waals surface area contributed by atoms with Crippen molar-refractivity contribution in [2.45, 2.75) is 32.1 Å². The molecular weight excluding hydrogens is 108 g/mol. The minimum Gasteiger partial charge on any atom is -0.0891 e. The zero-order chi connectivity index (χ0) is 6.95. The van der Waals surface area contributed by atoms with E-state index in [2.05, 4.69) is 11.8 Å². The predicted octanol–water partition coefficient (Wildman–Crippen LogP) is 2.12. The molecule has 0 rings (SSSR count). The average molecular weight is 118 g/mol. The van der Waals surface area contributed by atoms with E-state index in [9.17, 15) is 0 Å². The Kier molecular flexibility index (Phi) is 6.42. The molecule has 0 nitrogen and oxygen atoms in total. The Hall–Kier alpha value is -0.880. The molecule has 0 spiro atoms. The van der Waals surface area contributed by atoms with Crippen molar-refractivity contribution in [3.63, 3.8) is 0 Å². The van der Waals surface area contributed by atoms with E-state index in [1.165, 1.54) is 0 Å². The van der Waals surface area contributed by atoms with E-state index >= 15 is 0 Å². The van der Waals surface area contributed by atoms with Crippen LogP contribution in [-0.2, 0) is 0 Å². The highest BCUT2D eigenvalue weighted by atomic mass is 13.9. The smallest absolute Gasteiger partial charge is 0.00989 e. The van der Waals surface area contributed by atoms with Gasteiger partial charge in [-0.3, -0.25) is 0 Å². The van der Waals surface area contributed by atoms with Crippen molar-refractivity contribution in [2.24, 2.45) is 0 Å². The standard InChI is InChI=1S/C9H10/c1-3-5-7-9-8-6-4-2/h5-9H2. The summed E-state index contributed by atoms with van der Waals surface area (Å²) >= 11 is 0. The van der Waals surface area contributed by atoms with Crippen LogP contribution < -0.4 is 0 Å². The van der Waals surface area contributed by atoms with Crippen molar-refractivity contribution < 1.29 is 0 Å². The van der Waals surface area contributed by atoms with Crippen LogP contribution in [0.1, 0.15) is 32.1 Å². The lowest BCUT2D eigenvalue weighted by Crippen LogP contribution is -1.73. The van der Waals surface area contributed by atoms with Gasteiger partial charge in [-0.15, -0.1) is 0 Å². The topological polar surface area (TPSA) is 0 Å². The molecule has 0 aromatic rings. The maximum absolute atomic E-state index is 6.58. The van der Waals surface area contributed by atoms with Gasteiger partial charge >= 0.3 is 0 Å². The van der Waals surface area contributed by atoms with E-state index in [1.54, 1.807) is 0 Å². The van der Waals surface area contributed by atoms with Gasteiger partial charge in [-0.2, -0.15) is 0 Å². The first-order valence-electron chi connectivity index (χ1n) is 3.21. The molecule has 0 bridgehead atoms. The van der Waals surface area contributed by atoms with Gasteiger partial charge in [-0.1, -0.05) is 18.3 Å². The van der Waals surface area contributed by atoms with Gasteiger partial charge in [0.1, 0.15) is 0 Å². The van der Waals surface area contributed by atoms with Crippen LogP contribution in [0, 0.1) is 24.7 Å². The third kappa shape index (κ3) is 7.12. The second-order valence-electron chi connectivity index (χ2n) is 1.91. The molecule has 0 heteroatoms. The third-order valence-corrected chi connectivity index (χ3v) is 1.10. The minimum absolute atomic E-state index is 0.762. The molecule has 0 aliphatic rings. The third-order valence-electron chi connectivity index (χ3n) is 1.10. The molecule has 0 saturated carbocycles. The van der Waals surface area contributed by atoms with E-state index in [-0.39, 0.29) is 0 Å². The molecule has 2 radical (unpaired) electrons. The number of unbranched alkanes of at least 4 members (excludes halogenated alkanes) is 4. The fourth-order valence-electron chi connectivity index (χ4n) is 0.604. The van der Waals surface area contributed by atoms with Gasteiger partial charge in [-0.05, 0) is 25.7 Å². The van der Waals surface area contributed by atoms with E-state index in [0.717, 1.165) is 32.1 Å². The SMILES string of the molecule is [C]#CCCCCCC#[C]. The second-order valence-corrected chi connectivity index (χ2v) is 1.91. The molecule has 0 amide bonds. The highest BCUT2D eigenvalue weighted by Gasteiger charge is 1.83. The molecule has 0 aromatic carbocycles. The van der Waals surface area contributed by atoms with Crippen molar-refractivity contribution in [3.8, 4) is 11.8 Å². The van der Waals surface area contributed by atoms with Crippen LogP contribution in [0.2, 0.25) is 0 Å². The molecule has 0 saturated heterocycles.